The van der Waals surface area contributed by atoms with Crippen LogP contribution in [0, 0.1) is 11.3 Å². The summed E-state index contributed by atoms with van der Waals surface area (Å²) in [6.45, 7) is 8.66. The SMILES string of the molecule is CC(C)(O)C1CN(c2nccc(Sc3cnc(N4CCC(C)(C(N)CCO)CC4)c(CO)n3)c2Cl)C1. The second-order valence-corrected chi connectivity index (χ2v) is 12.1. The van der Waals surface area contributed by atoms with Gasteiger partial charge in [-0.1, -0.05) is 30.3 Å². The van der Waals surface area contributed by atoms with Crippen LogP contribution in [0.2, 0.25) is 5.02 Å². The van der Waals surface area contributed by atoms with Gasteiger partial charge in [0, 0.05) is 55.8 Å². The molecule has 2 fully saturated rings. The summed E-state index contributed by atoms with van der Waals surface area (Å²) in [5.41, 5.74) is 6.10. The van der Waals surface area contributed by atoms with Gasteiger partial charge in [-0.05, 0) is 44.6 Å². The van der Waals surface area contributed by atoms with Crippen LogP contribution < -0.4 is 15.5 Å². The van der Waals surface area contributed by atoms with Crippen LogP contribution >= 0.6 is 23.4 Å². The van der Waals surface area contributed by atoms with E-state index in [1.54, 1.807) is 12.4 Å². The summed E-state index contributed by atoms with van der Waals surface area (Å²) < 4.78 is 0. The molecule has 1 unspecified atom stereocenters. The Morgan fingerprint density at radius 3 is 2.50 bits per heavy atom. The first kappa shape index (κ1) is 27.3. The van der Waals surface area contributed by atoms with E-state index >= 15 is 0 Å². The van der Waals surface area contributed by atoms with Crippen LogP contribution in [0.15, 0.2) is 28.4 Å². The Hall–Kier alpha value is -1.69. The summed E-state index contributed by atoms with van der Waals surface area (Å²) >= 11 is 8.10. The lowest BCUT2D eigenvalue weighted by Gasteiger charge is -2.46. The fraction of sp³-hybridized carbons (Fsp3) is 0.640. The van der Waals surface area contributed by atoms with Gasteiger partial charge in [-0.25, -0.2) is 15.0 Å². The van der Waals surface area contributed by atoms with Crippen molar-refractivity contribution in [3.05, 3.63) is 29.2 Å². The Kier molecular flexibility index (Phi) is 8.33. The molecule has 11 heteroatoms. The molecule has 4 heterocycles. The van der Waals surface area contributed by atoms with Crippen LogP contribution in [0.4, 0.5) is 11.6 Å². The van der Waals surface area contributed by atoms with Crippen LogP contribution in [0.25, 0.3) is 0 Å². The highest BCUT2D eigenvalue weighted by Crippen LogP contribution is 2.41. The fourth-order valence-electron chi connectivity index (χ4n) is 4.84. The van der Waals surface area contributed by atoms with E-state index in [0.29, 0.717) is 46.9 Å². The molecule has 36 heavy (non-hydrogen) atoms. The number of aliphatic hydroxyl groups is 3. The zero-order chi connectivity index (χ0) is 26.1. The van der Waals surface area contributed by atoms with Gasteiger partial charge in [-0.3, -0.25) is 0 Å². The van der Waals surface area contributed by atoms with E-state index in [1.807, 2.05) is 19.9 Å². The van der Waals surface area contributed by atoms with Crippen molar-refractivity contribution < 1.29 is 15.3 Å². The number of halogens is 1. The van der Waals surface area contributed by atoms with Crippen LogP contribution in [0.1, 0.15) is 45.7 Å². The first-order valence-electron chi connectivity index (χ1n) is 12.4. The molecule has 1 atom stereocenters. The maximum absolute atomic E-state index is 10.2. The van der Waals surface area contributed by atoms with Crippen molar-refractivity contribution in [2.75, 3.05) is 42.6 Å². The Balaban J connectivity index is 1.45. The molecule has 0 bridgehead atoms. The predicted octanol–water partition coefficient (Wildman–Crippen LogP) is 2.69. The number of rotatable bonds is 9. The van der Waals surface area contributed by atoms with Crippen LogP contribution in [-0.2, 0) is 6.61 Å². The maximum Gasteiger partial charge on any atom is 0.152 e. The lowest BCUT2D eigenvalue weighted by Crippen LogP contribution is -2.56. The number of nitrogens with zero attached hydrogens (tertiary/aromatic N) is 5. The van der Waals surface area contributed by atoms with E-state index < -0.39 is 5.60 Å². The number of aliphatic hydroxyl groups excluding tert-OH is 2. The number of pyridine rings is 1. The van der Waals surface area contributed by atoms with Crippen molar-refractivity contribution in [3.63, 3.8) is 0 Å². The molecule has 0 amide bonds. The van der Waals surface area contributed by atoms with Gasteiger partial charge in [0.25, 0.3) is 0 Å². The average Bonchev–Trinajstić information content (AvgIpc) is 2.80. The monoisotopic (exact) mass is 536 g/mol. The third kappa shape index (κ3) is 5.74. The van der Waals surface area contributed by atoms with Crippen LogP contribution in [0.3, 0.4) is 0 Å². The summed E-state index contributed by atoms with van der Waals surface area (Å²) in [6, 6.07) is 1.80. The van der Waals surface area contributed by atoms with Gasteiger partial charge in [0.05, 0.1) is 23.4 Å². The molecule has 2 aromatic heterocycles. The smallest absolute Gasteiger partial charge is 0.152 e. The second-order valence-electron chi connectivity index (χ2n) is 10.7. The number of anilines is 2. The summed E-state index contributed by atoms with van der Waals surface area (Å²) in [6.07, 6.45) is 5.81. The Bertz CT molecular complexity index is 1050. The van der Waals surface area contributed by atoms with Crippen molar-refractivity contribution in [3.8, 4) is 0 Å². The van der Waals surface area contributed by atoms with Crippen molar-refractivity contribution in [1.82, 2.24) is 15.0 Å². The molecule has 198 valence electrons. The van der Waals surface area contributed by atoms with E-state index in [0.717, 1.165) is 30.8 Å². The highest BCUT2D eigenvalue weighted by atomic mass is 35.5. The number of hydrogen-bond donors (Lipinski definition) is 4. The minimum atomic E-state index is -0.730. The van der Waals surface area contributed by atoms with E-state index in [-0.39, 0.29) is 30.6 Å². The number of piperidine rings is 1. The largest absolute Gasteiger partial charge is 0.396 e. The van der Waals surface area contributed by atoms with Gasteiger partial charge in [-0.15, -0.1) is 0 Å². The van der Waals surface area contributed by atoms with Gasteiger partial charge in [0.15, 0.2) is 5.82 Å². The molecule has 5 N–H and O–H groups in total. The third-order valence-electron chi connectivity index (χ3n) is 7.72. The molecular weight excluding hydrogens is 500 g/mol. The van der Waals surface area contributed by atoms with E-state index in [1.165, 1.54) is 11.8 Å². The minimum absolute atomic E-state index is 0.0267. The van der Waals surface area contributed by atoms with Crippen LogP contribution in [0.5, 0.6) is 0 Å². The average molecular weight is 537 g/mol. The number of nitrogens with two attached hydrogens (primary N) is 1. The normalized spacial score (nSPS) is 19.3. The minimum Gasteiger partial charge on any atom is -0.396 e. The lowest BCUT2D eigenvalue weighted by atomic mass is 9.73. The highest BCUT2D eigenvalue weighted by Gasteiger charge is 2.39. The highest BCUT2D eigenvalue weighted by molar-refractivity contribution is 7.99. The molecule has 0 aliphatic carbocycles. The molecule has 0 spiro atoms. The van der Waals surface area contributed by atoms with E-state index in [9.17, 15) is 15.3 Å². The zero-order valence-electron chi connectivity index (χ0n) is 21.2. The Labute approximate surface area is 222 Å². The molecule has 2 saturated heterocycles. The van der Waals surface area contributed by atoms with Gasteiger partial charge < -0.3 is 30.9 Å². The molecule has 2 aromatic rings. The Morgan fingerprint density at radius 1 is 1.19 bits per heavy atom. The zero-order valence-corrected chi connectivity index (χ0v) is 22.8. The molecule has 9 nitrogen and oxygen atoms in total. The maximum atomic E-state index is 10.2. The molecule has 0 aromatic carbocycles. The first-order valence-corrected chi connectivity index (χ1v) is 13.6. The summed E-state index contributed by atoms with van der Waals surface area (Å²) in [4.78, 5) is 18.8. The van der Waals surface area contributed by atoms with Gasteiger partial charge in [0.1, 0.15) is 16.5 Å². The summed E-state index contributed by atoms with van der Waals surface area (Å²) in [5, 5.41) is 30.7. The van der Waals surface area contributed by atoms with Gasteiger partial charge in [0.2, 0.25) is 0 Å². The molecule has 0 radical (unpaired) electrons. The summed E-state index contributed by atoms with van der Waals surface area (Å²) in [7, 11) is 0. The first-order chi connectivity index (χ1) is 17.1. The lowest BCUT2D eigenvalue weighted by molar-refractivity contribution is 0.00438. The van der Waals surface area contributed by atoms with E-state index in [2.05, 4.69) is 31.7 Å². The van der Waals surface area contributed by atoms with E-state index in [4.69, 9.17) is 17.3 Å². The Morgan fingerprint density at radius 2 is 1.89 bits per heavy atom. The molecule has 2 aliphatic heterocycles. The number of hydrogen-bond acceptors (Lipinski definition) is 10. The van der Waals surface area contributed by atoms with Crippen molar-refractivity contribution >= 4 is 35.0 Å². The molecule has 0 saturated carbocycles. The third-order valence-corrected chi connectivity index (χ3v) is 9.17. The predicted molar refractivity (Wildman–Crippen MR) is 143 cm³/mol. The standard InChI is InChI=1S/C25H37ClN6O3S/c1-24(2,35)16-13-32(14-16)23-21(26)18(4-8-28-23)36-20-12-29-22(17(15-34)30-20)31-9-6-25(3,7-10-31)19(27)5-11-33/h4,8,12,16,19,33-35H,5-7,9-11,13-15,27H2,1-3H3. The van der Waals surface area contributed by atoms with Crippen molar-refractivity contribution in [2.45, 2.75) is 68.2 Å². The van der Waals surface area contributed by atoms with Gasteiger partial charge in [-0.2, -0.15) is 0 Å². The topological polar surface area (TPSA) is 132 Å². The van der Waals surface area contributed by atoms with Gasteiger partial charge >= 0.3 is 0 Å². The molecule has 2 aliphatic rings. The number of aromatic nitrogens is 3. The van der Waals surface area contributed by atoms with Crippen molar-refractivity contribution in [1.29, 1.82) is 0 Å². The van der Waals surface area contributed by atoms with Crippen LogP contribution in [-0.4, -0.2) is 74.7 Å². The van der Waals surface area contributed by atoms with Crippen molar-refractivity contribution in [2.24, 2.45) is 17.1 Å². The summed E-state index contributed by atoms with van der Waals surface area (Å²) in [5.74, 6) is 1.57. The second kappa shape index (κ2) is 11.0. The molecule has 4 rings (SSSR count). The quantitative estimate of drug-likeness (QED) is 0.379. The fourth-order valence-corrected chi connectivity index (χ4v) is 5.98. The molecular formula is C25H37ClN6O3S.